The number of carbonyl (C=O) groups is 2. The van der Waals surface area contributed by atoms with E-state index in [1.54, 1.807) is 0 Å². The fraction of sp³-hybridized carbons (Fsp3) is 0.733. The van der Waals surface area contributed by atoms with Gasteiger partial charge in [-0.1, -0.05) is 5.16 Å². The van der Waals surface area contributed by atoms with Crippen LogP contribution in [0.25, 0.3) is 0 Å². The Morgan fingerprint density at radius 1 is 1.43 bits per heavy atom. The normalized spacial score (nSPS) is 19.0. The summed E-state index contributed by atoms with van der Waals surface area (Å²) in [5.74, 6) is -1.04. The molecule has 2 rings (SSSR count). The average Bonchev–Trinajstić information content (AvgIpc) is 3.00. The Balaban J connectivity index is 1.72. The van der Waals surface area contributed by atoms with Crippen LogP contribution in [0.3, 0.4) is 0 Å². The summed E-state index contributed by atoms with van der Waals surface area (Å²) in [6, 6.07) is 0.458. The molecule has 1 aromatic heterocycles. The summed E-state index contributed by atoms with van der Waals surface area (Å²) in [5.41, 5.74) is 0.159. The van der Waals surface area contributed by atoms with Gasteiger partial charge in [0, 0.05) is 19.1 Å². The zero-order valence-electron chi connectivity index (χ0n) is 13.6. The number of aryl methyl sites for hydroxylation is 1. The maximum atomic E-state index is 12.2. The predicted octanol–water partition coefficient (Wildman–Crippen LogP) is 0.937. The van der Waals surface area contributed by atoms with Crippen molar-refractivity contribution in [1.29, 1.82) is 0 Å². The van der Waals surface area contributed by atoms with Gasteiger partial charge in [-0.15, -0.1) is 0 Å². The van der Waals surface area contributed by atoms with Gasteiger partial charge < -0.3 is 15.3 Å². The Morgan fingerprint density at radius 2 is 2.22 bits per heavy atom. The molecule has 2 heterocycles. The van der Waals surface area contributed by atoms with Crippen LogP contribution in [0.4, 0.5) is 0 Å². The summed E-state index contributed by atoms with van der Waals surface area (Å²) in [7, 11) is 0. The third kappa shape index (κ3) is 4.75. The van der Waals surface area contributed by atoms with Crippen LogP contribution >= 0.6 is 0 Å². The highest BCUT2D eigenvalue weighted by molar-refractivity contribution is 5.86. The fourth-order valence-corrected chi connectivity index (χ4v) is 2.83. The number of piperidine rings is 1. The maximum absolute atomic E-state index is 12.2. The summed E-state index contributed by atoms with van der Waals surface area (Å²) in [4.78, 5) is 25.4. The van der Waals surface area contributed by atoms with Gasteiger partial charge in [-0.3, -0.25) is 4.79 Å². The number of nitrogens with zero attached hydrogens (tertiary/aromatic N) is 3. The van der Waals surface area contributed by atoms with Crippen LogP contribution in [0, 0.1) is 5.92 Å². The van der Waals surface area contributed by atoms with E-state index >= 15 is 0 Å². The molecule has 0 saturated carbocycles. The number of amides is 1. The molecule has 0 spiro atoms. The van der Waals surface area contributed by atoms with Gasteiger partial charge in [0.25, 0.3) is 0 Å². The minimum Gasteiger partial charge on any atom is -0.476 e. The molecule has 1 atom stereocenters. The van der Waals surface area contributed by atoms with E-state index in [9.17, 15) is 9.59 Å². The minimum absolute atomic E-state index is 0.0365. The molecule has 2 N–H and O–H groups in total. The molecular formula is C15H24N4O4. The summed E-state index contributed by atoms with van der Waals surface area (Å²) in [6.07, 6.45) is 2.98. The molecule has 23 heavy (non-hydrogen) atoms. The lowest BCUT2D eigenvalue weighted by Crippen LogP contribution is -2.45. The molecule has 1 aromatic rings. The van der Waals surface area contributed by atoms with Crippen molar-refractivity contribution in [2.75, 3.05) is 19.6 Å². The molecule has 1 fully saturated rings. The lowest BCUT2D eigenvalue weighted by Gasteiger charge is -2.34. The number of carboxylic acids is 1. The van der Waals surface area contributed by atoms with Crippen molar-refractivity contribution in [3.05, 3.63) is 11.4 Å². The molecule has 0 aliphatic carbocycles. The molecule has 0 bridgehead atoms. The molecule has 1 aliphatic heterocycles. The van der Waals surface area contributed by atoms with Crippen LogP contribution < -0.4 is 5.32 Å². The summed E-state index contributed by atoms with van der Waals surface area (Å²) in [6.45, 7) is 6.64. The van der Waals surface area contributed by atoms with Crippen LogP contribution in [0.1, 0.15) is 49.3 Å². The van der Waals surface area contributed by atoms with Crippen molar-refractivity contribution >= 4 is 11.9 Å². The van der Waals surface area contributed by atoms with Gasteiger partial charge in [-0.25, -0.2) is 9.42 Å². The molecule has 0 radical (unpaired) electrons. The minimum atomic E-state index is -1.15. The highest BCUT2D eigenvalue weighted by atomic mass is 16.6. The van der Waals surface area contributed by atoms with Gasteiger partial charge in [0.2, 0.25) is 11.6 Å². The molecule has 8 heteroatoms. The number of hydrogen-bond donors (Lipinski definition) is 2. The van der Waals surface area contributed by atoms with Crippen LogP contribution in [0.2, 0.25) is 0 Å². The van der Waals surface area contributed by atoms with E-state index in [2.05, 4.69) is 39.0 Å². The number of carboxylic acid groups (broad SMARTS) is 1. The highest BCUT2D eigenvalue weighted by Gasteiger charge is 2.26. The smallest absolute Gasteiger partial charge is 0.360 e. The Labute approximate surface area is 135 Å². The zero-order chi connectivity index (χ0) is 16.8. The Hall–Kier alpha value is -1.96. The van der Waals surface area contributed by atoms with Gasteiger partial charge in [0.05, 0.1) is 5.92 Å². The second-order valence-electron chi connectivity index (χ2n) is 6.19. The number of nitrogens with one attached hydrogen (secondary N) is 1. The molecule has 1 amide bonds. The van der Waals surface area contributed by atoms with Crippen molar-refractivity contribution in [3.8, 4) is 0 Å². The van der Waals surface area contributed by atoms with E-state index in [-0.39, 0.29) is 17.5 Å². The maximum Gasteiger partial charge on any atom is 0.360 e. The van der Waals surface area contributed by atoms with Crippen LogP contribution in [-0.2, 0) is 11.2 Å². The number of aromatic nitrogens is 2. The number of rotatable bonds is 7. The van der Waals surface area contributed by atoms with E-state index in [0.29, 0.717) is 31.1 Å². The standard InChI is InChI=1S/C15H24N4O4/c1-10(2)19-8-4-5-11(9-19)14(20)16-7-3-6-12-13(15(21)22)18-23-17-12/h10-11H,3-9H2,1-2H3,(H,16,20)(H,21,22). The van der Waals surface area contributed by atoms with Crippen LogP contribution in [0.15, 0.2) is 4.63 Å². The van der Waals surface area contributed by atoms with Crippen molar-refractivity contribution < 1.29 is 19.3 Å². The highest BCUT2D eigenvalue weighted by Crippen LogP contribution is 2.18. The summed E-state index contributed by atoms with van der Waals surface area (Å²) >= 11 is 0. The zero-order valence-corrected chi connectivity index (χ0v) is 13.6. The number of aromatic carboxylic acids is 1. The van der Waals surface area contributed by atoms with Gasteiger partial charge in [0.1, 0.15) is 5.69 Å². The van der Waals surface area contributed by atoms with Crippen molar-refractivity contribution in [3.63, 3.8) is 0 Å². The summed E-state index contributed by atoms with van der Waals surface area (Å²) < 4.78 is 4.44. The Bertz CT molecular complexity index is 543. The number of hydrogen-bond acceptors (Lipinski definition) is 6. The SMILES string of the molecule is CC(C)N1CCCC(C(=O)NCCCc2nonc2C(=O)O)C1. The van der Waals surface area contributed by atoms with E-state index in [1.807, 2.05) is 0 Å². The third-order valence-corrected chi connectivity index (χ3v) is 4.20. The molecule has 1 aliphatic rings. The first kappa shape index (κ1) is 17.4. The first-order chi connectivity index (χ1) is 11.0. The van der Waals surface area contributed by atoms with Crippen LogP contribution in [0.5, 0.6) is 0 Å². The first-order valence-corrected chi connectivity index (χ1v) is 8.05. The van der Waals surface area contributed by atoms with Gasteiger partial charge in [0.15, 0.2) is 0 Å². The molecule has 1 unspecified atom stereocenters. The molecule has 1 saturated heterocycles. The lowest BCUT2D eigenvalue weighted by molar-refractivity contribution is -0.126. The topological polar surface area (TPSA) is 109 Å². The van der Waals surface area contributed by atoms with E-state index in [1.165, 1.54) is 0 Å². The Morgan fingerprint density at radius 3 is 2.91 bits per heavy atom. The van der Waals surface area contributed by atoms with Gasteiger partial charge >= 0.3 is 5.97 Å². The monoisotopic (exact) mass is 324 g/mol. The second kappa shape index (κ2) is 8.05. The third-order valence-electron chi connectivity index (χ3n) is 4.20. The molecular weight excluding hydrogens is 300 g/mol. The average molecular weight is 324 g/mol. The van der Waals surface area contributed by atoms with Gasteiger partial charge in [-0.05, 0) is 51.2 Å². The van der Waals surface area contributed by atoms with Crippen molar-refractivity contribution in [2.45, 2.75) is 45.6 Å². The number of carbonyl (C=O) groups excluding carboxylic acids is 1. The van der Waals surface area contributed by atoms with Crippen molar-refractivity contribution in [1.82, 2.24) is 20.5 Å². The second-order valence-corrected chi connectivity index (χ2v) is 6.19. The molecule has 8 nitrogen and oxygen atoms in total. The molecule has 0 aromatic carbocycles. The van der Waals surface area contributed by atoms with E-state index in [4.69, 9.17) is 5.11 Å². The fourth-order valence-electron chi connectivity index (χ4n) is 2.83. The van der Waals surface area contributed by atoms with Crippen molar-refractivity contribution in [2.24, 2.45) is 5.92 Å². The molecule has 128 valence electrons. The van der Waals surface area contributed by atoms with Gasteiger partial charge in [-0.2, -0.15) is 0 Å². The quantitative estimate of drug-likeness (QED) is 0.718. The number of likely N-dealkylation sites (tertiary alicyclic amines) is 1. The van der Waals surface area contributed by atoms with Crippen LogP contribution in [-0.4, -0.2) is 57.9 Å². The Kier molecular flexibility index (Phi) is 6.09. The summed E-state index contributed by atoms with van der Waals surface area (Å²) in [5, 5.41) is 18.8. The first-order valence-electron chi connectivity index (χ1n) is 8.05. The largest absolute Gasteiger partial charge is 0.476 e. The van der Waals surface area contributed by atoms with E-state index < -0.39 is 5.97 Å². The lowest BCUT2D eigenvalue weighted by atomic mass is 9.96. The van der Waals surface area contributed by atoms with E-state index in [0.717, 1.165) is 25.9 Å². The predicted molar refractivity (Wildman–Crippen MR) is 82.0 cm³/mol.